The molecule has 1 aliphatic heterocycles. The Morgan fingerprint density at radius 2 is 1.91 bits per heavy atom. The predicted molar refractivity (Wildman–Crippen MR) is 126 cm³/mol. The molecule has 4 rings (SSSR count). The third kappa shape index (κ3) is 5.23. The molecule has 0 saturated carbocycles. The molecule has 10 heteroatoms. The van der Waals surface area contributed by atoms with Crippen molar-refractivity contribution >= 4 is 22.1 Å². The van der Waals surface area contributed by atoms with Crippen molar-refractivity contribution in [2.45, 2.75) is 33.0 Å². The van der Waals surface area contributed by atoms with Crippen molar-refractivity contribution < 1.29 is 17.2 Å². The number of halogens is 2. The van der Waals surface area contributed by atoms with Gasteiger partial charge in [0, 0.05) is 24.2 Å². The van der Waals surface area contributed by atoms with E-state index in [9.17, 15) is 17.2 Å². The zero-order chi connectivity index (χ0) is 23.8. The normalized spacial score (nSPS) is 17.8. The summed E-state index contributed by atoms with van der Waals surface area (Å²) in [5.41, 5.74) is 0.829. The van der Waals surface area contributed by atoms with Crippen molar-refractivity contribution in [1.82, 2.24) is 19.2 Å². The van der Waals surface area contributed by atoms with Crippen molar-refractivity contribution in [3.8, 4) is 17.1 Å². The molecule has 0 unspecified atom stereocenters. The molecule has 3 aromatic rings. The van der Waals surface area contributed by atoms with E-state index in [2.05, 4.69) is 18.7 Å². The number of hydrogen-bond donors (Lipinski definition) is 0. The van der Waals surface area contributed by atoms with E-state index in [1.54, 1.807) is 4.68 Å². The fourth-order valence-electron chi connectivity index (χ4n) is 4.18. The lowest BCUT2D eigenvalue weighted by Crippen LogP contribution is -2.40. The minimum atomic E-state index is -3.06. The van der Waals surface area contributed by atoms with E-state index in [0.717, 1.165) is 11.6 Å². The zero-order valence-electron chi connectivity index (χ0n) is 18.5. The Labute approximate surface area is 197 Å². The van der Waals surface area contributed by atoms with Crippen LogP contribution in [0.25, 0.3) is 17.1 Å². The monoisotopic (exact) mass is 492 g/mol. The molecule has 176 valence electrons. The lowest BCUT2D eigenvalue weighted by molar-refractivity contribution is 0.137. The molecule has 0 spiro atoms. The standard InChI is InChI=1S/C23H26F2N4O2S2/c1-16(2)13-27(19-10-11-33(30,31)14-19)15-28-23(32)29(21-9-8-18(24)12-20(21)25)22(26-28)17-6-4-3-5-7-17/h3-9,12,16,19H,10-11,13-15H2,1-2H3/t19-/m1/s1. The minimum absolute atomic E-state index is 0.102. The molecule has 1 atom stereocenters. The van der Waals surface area contributed by atoms with Crippen LogP contribution in [0.1, 0.15) is 20.3 Å². The van der Waals surface area contributed by atoms with Gasteiger partial charge >= 0.3 is 0 Å². The Bertz CT molecular complexity index is 1300. The molecule has 0 N–H and O–H groups in total. The highest BCUT2D eigenvalue weighted by molar-refractivity contribution is 7.91. The third-order valence-corrected chi connectivity index (χ3v) is 7.81. The average Bonchev–Trinajstić information content (AvgIpc) is 3.27. The minimum Gasteiger partial charge on any atom is -0.280 e. The number of nitrogens with zero attached hydrogens (tertiary/aromatic N) is 4. The number of benzene rings is 2. The summed E-state index contributed by atoms with van der Waals surface area (Å²) in [4.78, 5) is 2.08. The first-order valence-corrected chi connectivity index (χ1v) is 13.0. The van der Waals surface area contributed by atoms with Crippen LogP contribution in [0.4, 0.5) is 8.78 Å². The van der Waals surface area contributed by atoms with Gasteiger partial charge in [-0.25, -0.2) is 21.9 Å². The van der Waals surface area contributed by atoms with Gasteiger partial charge in [0.1, 0.15) is 11.6 Å². The van der Waals surface area contributed by atoms with E-state index in [4.69, 9.17) is 17.3 Å². The molecule has 2 heterocycles. The van der Waals surface area contributed by atoms with Crippen LogP contribution in [0.3, 0.4) is 0 Å². The highest BCUT2D eigenvalue weighted by Gasteiger charge is 2.33. The zero-order valence-corrected chi connectivity index (χ0v) is 20.1. The largest absolute Gasteiger partial charge is 0.280 e. The van der Waals surface area contributed by atoms with Crippen LogP contribution in [-0.2, 0) is 16.5 Å². The van der Waals surface area contributed by atoms with Gasteiger partial charge in [0.2, 0.25) is 4.77 Å². The molecule has 33 heavy (non-hydrogen) atoms. The van der Waals surface area contributed by atoms with Gasteiger partial charge in [-0.2, -0.15) is 0 Å². The van der Waals surface area contributed by atoms with E-state index in [-0.39, 0.29) is 34.7 Å². The van der Waals surface area contributed by atoms with Gasteiger partial charge < -0.3 is 0 Å². The molecule has 0 bridgehead atoms. The van der Waals surface area contributed by atoms with E-state index in [0.29, 0.717) is 24.7 Å². The van der Waals surface area contributed by atoms with E-state index in [1.165, 1.54) is 16.7 Å². The molecule has 1 saturated heterocycles. The maximum absolute atomic E-state index is 14.8. The van der Waals surface area contributed by atoms with Crippen LogP contribution in [-0.4, -0.2) is 51.8 Å². The van der Waals surface area contributed by atoms with Gasteiger partial charge in [0.25, 0.3) is 0 Å². The van der Waals surface area contributed by atoms with Crippen LogP contribution in [0.2, 0.25) is 0 Å². The van der Waals surface area contributed by atoms with Crippen LogP contribution in [0.15, 0.2) is 48.5 Å². The fourth-order valence-corrected chi connectivity index (χ4v) is 6.23. The molecule has 0 aliphatic carbocycles. The fraction of sp³-hybridized carbons (Fsp3) is 0.391. The Hall–Kier alpha value is -2.43. The summed E-state index contributed by atoms with van der Waals surface area (Å²) in [6, 6.07) is 12.4. The molecule has 1 aliphatic rings. The Balaban J connectivity index is 1.80. The molecular weight excluding hydrogens is 466 g/mol. The maximum atomic E-state index is 14.8. The van der Waals surface area contributed by atoms with Crippen molar-refractivity contribution in [3.05, 3.63) is 64.9 Å². The third-order valence-electron chi connectivity index (χ3n) is 5.66. The molecule has 0 radical (unpaired) electrons. The summed E-state index contributed by atoms with van der Waals surface area (Å²) >= 11 is 5.70. The topological polar surface area (TPSA) is 60.1 Å². The SMILES string of the molecule is CC(C)CN(Cn1nc(-c2ccccc2)n(-c2ccc(F)cc2F)c1=S)[C@@H]1CCS(=O)(=O)C1. The Morgan fingerprint density at radius 1 is 1.18 bits per heavy atom. The van der Waals surface area contributed by atoms with Crippen molar-refractivity contribution in [2.24, 2.45) is 5.92 Å². The molecule has 6 nitrogen and oxygen atoms in total. The summed E-state index contributed by atoms with van der Waals surface area (Å²) in [6.07, 6.45) is 0.557. The molecular formula is C23H26F2N4O2S2. The summed E-state index contributed by atoms with van der Waals surface area (Å²) < 4.78 is 55.9. The first-order valence-electron chi connectivity index (χ1n) is 10.8. The number of rotatable bonds is 7. The Morgan fingerprint density at radius 3 is 2.52 bits per heavy atom. The van der Waals surface area contributed by atoms with Gasteiger partial charge in [0.05, 0.1) is 23.9 Å². The number of aromatic nitrogens is 3. The Kier molecular flexibility index (Phi) is 6.78. The second-order valence-electron chi connectivity index (χ2n) is 8.77. The van der Waals surface area contributed by atoms with Crippen molar-refractivity contribution in [2.75, 3.05) is 18.1 Å². The predicted octanol–water partition coefficient (Wildman–Crippen LogP) is 4.45. The van der Waals surface area contributed by atoms with Crippen LogP contribution in [0, 0.1) is 22.3 Å². The first-order chi connectivity index (χ1) is 15.6. The highest BCUT2D eigenvalue weighted by Crippen LogP contribution is 2.26. The van der Waals surface area contributed by atoms with E-state index in [1.807, 2.05) is 30.3 Å². The molecule has 0 amide bonds. The number of hydrogen-bond acceptors (Lipinski definition) is 5. The first kappa shape index (κ1) is 23.7. The van der Waals surface area contributed by atoms with Gasteiger partial charge in [-0.3, -0.25) is 9.47 Å². The van der Waals surface area contributed by atoms with Gasteiger partial charge in [-0.05, 0) is 36.7 Å². The van der Waals surface area contributed by atoms with Gasteiger partial charge in [-0.1, -0.05) is 44.2 Å². The maximum Gasteiger partial charge on any atom is 0.204 e. The van der Waals surface area contributed by atoms with Crippen molar-refractivity contribution in [3.63, 3.8) is 0 Å². The summed E-state index contributed by atoms with van der Waals surface area (Å²) in [5, 5.41) is 4.70. The summed E-state index contributed by atoms with van der Waals surface area (Å²) in [5.74, 6) is -0.429. The quantitative estimate of drug-likeness (QED) is 0.456. The van der Waals surface area contributed by atoms with Crippen molar-refractivity contribution in [1.29, 1.82) is 0 Å². The smallest absolute Gasteiger partial charge is 0.204 e. The van der Waals surface area contributed by atoms with Crippen LogP contribution < -0.4 is 0 Å². The van der Waals surface area contributed by atoms with Gasteiger partial charge in [-0.15, -0.1) is 5.10 Å². The summed E-state index contributed by atoms with van der Waals surface area (Å²) in [6.45, 7) is 5.07. The van der Waals surface area contributed by atoms with Gasteiger partial charge in [0.15, 0.2) is 15.7 Å². The van der Waals surface area contributed by atoms with Crippen LogP contribution >= 0.6 is 12.2 Å². The highest BCUT2D eigenvalue weighted by atomic mass is 32.2. The van der Waals surface area contributed by atoms with Crippen LogP contribution in [0.5, 0.6) is 0 Å². The second kappa shape index (κ2) is 9.44. The lowest BCUT2D eigenvalue weighted by atomic mass is 10.1. The number of sulfone groups is 1. The van der Waals surface area contributed by atoms with E-state index >= 15 is 0 Å². The second-order valence-corrected chi connectivity index (χ2v) is 11.4. The molecule has 2 aromatic carbocycles. The van der Waals surface area contributed by atoms with E-state index < -0.39 is 21.5 Å². The molecule has 1 aromatic heterocycles. The molecule has 1 fully saturated rings. The summed E-state index contributed by atoms with van der Waals surface area (Å²) in [7, 11) is -3.06. The lowest BCUT2D eigenvalue weighted by Gasteiger charge is -2.29. The average molecular weight is 493 g/mol.